The first-order valence-electron chi connectivity index (χ1n) is 20.1. The third-order valence-electron chi connectivity index (χ3n) is 10.6. The Morgan fingerprint density at radius 1 is 0.831 bits per heavy atom. The lowest BCUT2D eigenvalue weighted by molar-refractivity contribution is 0.0894. The second-order valence-electron chi connectivity index (χ2n) is 15.1. The lowest BCUT2D eigenvalue weighted by Gasteiger charge is -2.33. The van der Waals surface area contributed by atoms with Gasteiger partial charge in [-0.15, -0.1) is 0 Å². The summed E-state index contributed by atoms with van der Waals surface area (Å²) >= 11 is 0. The Hall–Kier alpha value is -6.49. The maximum absolute atomic E-state index is 13.7. The predicted molar refractivity (Wildman–Crippen MR) is 221 cm³/mol. The van der Waals surface area contributed by atoms with Crippen LogP contribution in [0.5, 0.6) is 11.5 Å². The molecule has 0 bridgehead atoms. The second-order valence-corrected chi connectivity index (χ2v) is 15.1. The minimum absolute atomic E-state index is 0.134. The molecule has 1 aliphatic carbocycles. The first kappa shape index (κ1) is 39.3. The van der Waals surface area contributed by atoms with E-state index in [1.807, 2.05) is 59.7 Å². The highest BCUT2D eigenvalue weighted by atomic mass is 16.6. The minimum Gasteiger partial charge on any atom is -0.491 e. The number of allylic oxidation sites excluding steroid dienone is 2. The number of hydrogen-bond acceptors (Lipinski definition) is 11. The van der Waals surface area contributed by atoms with Gasteiger partial charge in [-0.1, -0.05) is 19.1 Å². The lowest BCUT2D eigenvalue weighted by Crippen LogP contribution is -2.43. The predicted octanol–water partition coefficient (Wildman–Crippen LogP) is 5.99. The summed E-state index contributed by atoms with van der Waals surface area (Å²) < 4.78 is 20.1. The van der Waals surface area contributed by atoms with Crippen molar-refractivity contribution in [1.82, 2.24) is 44.0 Å². The molecule has 308 valence electrons. The minimum atomic E-state index is -0.366. The van der Waals surface area contributed by atoms with Crippen LogP contribution in [-0.4, -0.2) is 76.0 Å². The number of amides is 2. The van der Waals surface area contributed by atoms with Gasteiger partial charge in [-0.05, 0) is 82.9 Å². The molecule has 59 heavy (non-hydrogen) atoms. The summed E-state index contributed by atoms with van der Waals surface area (Å²) in [6.45, 7) is 12.5. The normalized spacial score (nSPS) is 17.3. The summed E-state index contributed by atoms with van der Waals surface area (Å²) in [5, 5.41) is 15.1. The molecule has 0 atom stereocenters. The van der Waals surface area contributed by atoms with Gasteiger partial charge < -0.3 is 23.9 Å². The van der Waals surface area contributed by atoms with Crippen LogP contribution in [0.25, 0.3) is 22.1 Å². The highest BCUT2D eigenvalue weighted by molar-refractivity contribution is 6.04. The first-order chi connectivity index (χ1) is 28.6. The van der Waals surface area contributed by atoms with Gasteiger partial charge in [0.2, 0.25) is 11.9 Å². The highest BCUT2D eigenvalue weighted by Crippen LogP contribution is 2.34. The fraction of sp³-hybridized carbons (Fsp3) is 0.405. The SMILES string of the molecule is CCn1nc(C)cc1CONc1nc2cc(C(=O)NC3CC(C)C3)cc3c2n1C/C=C/Cn1c(NC(=O)c2cc(C)nn2CC)nc2cc(C=O)cc(c21)OCCCO3. The molecule has 5 heterocycles. The van der Waals surface area contributed by atoms with Crippen LogP contribution in [-0.2, 0) is 37.6 Å². The van der Waals surface area contributed by atoms with Crippen LogP contribution in [0.1, 0.15) is 88.3 Å². The Kier molecular flexibility index (Phi) is 11.2. The zero-order chi connectivity index (χ0) is 41.2. The van der Waals surface area contributed by atoms with Crippen molar-refractivity contribution < 1.29 is 28.7 Å². The molecule has 2 aliphatic rings. The number of nitrogens with zero attached hydrogens (tertiary/aromatic N) is 8. The number of imidazole rings is 2. The molecule has 1 aliphatic heterocycles. The van der Waals surface area contributed by atoms with E-state index in [0.29, 0.717) is 88.3 Å². The van der Waals surface area contributed by atoms with Gasteiger partial charge in [0.05, 0.1) is 41.3 Å². The van der Waals surface area contributed by atoms with Gasteiger partial charge in [0, 0.05) is 49.8 Å². The Labute approximate surface area is 340 Å². The van der Waals surface area contributed by atoms with Crippen LogP contribution in [0.15, 0.2) is 48.6 Å². The maximum atomic E-state index is 13.7. The Morgan fingerprint density at radius 3 is 2.17 bits per heavy atom. The average Bonchev–Trinajstić information content (AvgIpc) is 3.97. The molecule has 0 spiro atoms. The summed E-state index contributed by atoms with van der Waals surface area (Å²) in [6.07, 6.45) is 7.02. The van der Waals surface area contributed by atoms with E-state index in [1.165, 1.54) is 0 Å². The number of carbonyl (C=O) groups excluding carboxylic acids is 3. The Balaban J connectivity index is 1.16. The molecule has 0 saturated heterocycles. The van der Waals surface area contributed by atoms with Crippen molar-refractivity contribution in [3.8, 4) is 11.5 Å². The molecule has 2 aromatic carbocycles. The molecule has 1 fully saturated rings. The monoisotopic (exact) mass is 803 g/mol. The number of aryl methyl sites for hydroxylation is 4. The van der Waals surface area contributed by atoms with Crippen molar-refractivity contribution in [2.45, 2.75) is 92.7 Å². The molecule has 1 saturated carbocycles. The first-order valence-corrected chi connectivity index (χ1v) is 20.1. The van der Waals surface area contributed by atoms with E-state index in [9.17, 15) is 14.4 Å². The van der Waals surface area contributed by atoms with Gasteiger partial charge in [-0.2, -0.15) is 10.2 Å². The number of aldehydes is 1. The summed E-state index contributed by atoms with van der Waals surface area (Å²) in [7, 11) is 0. The van der Waals surface area contributed by atoms with E-state index in [2.05, 4.69) is 33.2 Å². The molecule has 4 aromatic heterocycles. The van der Waals surface area contributed by atoms with Gasteiger partial charge in [-0.25, -0.2) is 15.4 Å². The fourth-order valence-corrected chi connectivity index (χ4v) is 7.80. The number of aromatic nitrogens is 8. The van der Waals surface area contributed by atoms with E-state index < -0.39 is 0 Å². The summed E-state index contributed by atoms with van der Waals surface area (Å²) in [6, 6.07) is 10.7. The third kappa shape index (κ3) is 8.14. The molecular weight excluding hydrogens is 755 g/mol. The lowest BCUT2D eigenvalue weighted by atomic mass is 9.82. The number of nitrogens with one attached hydrogen (secondary N) is 3. The van der Waals surface area contributed by atoms with Crippen molar-refractivity contribution in [2.75, 3.05) is 24.0 Å². The summed E-state index contributed by atoms with van der Waals surface area (Å²) in [5.74, 6) is 1.67. The number of anilines is 2. The van der Waals surface area contributed by atoms with Crippen LogP contribution in [0.3, 0.4) is 0 Å². The van der Waals surface area contributed by atoms with Crippen molar-refractivity contribution in [2.24, 2.45) is 5.92 Å². The van der Waals surface area contributed by atoms with Crippen LogP contribution < -0.4 is 25.6 Å². The molecule has 17 nitrogen and oxygen atoms in total. The number of carbonyl (C=O) groups is 3. The number of ether oxygens (including phenoxy) is 2. The van der Waals surface area contributed by atoms with Crippen molar-refractivity contribution in [1.29, 1.82) is 0 Å². The zero-order valence-corrected chi connectivity index (χ0v) is 33.9. The smallest absolute Gasteiger partial charge is 0.276 e. The molecule has 0 radical (unpaired) electrons. The fourth-order valence-electron chi connectivity index (χ4n) is 7.80. The molecular formula is C42H49N11O6. The van der Waals surface area contributed by atoms with Gasteiger partial charge in [0.1, 0.15) is 41.1 Å². The molecule has 6 aromatic rings. The number of hydrogen-bond donors (Lipinski definition) is 3. The van der Waals surface area contributed by atoms with Crippen LogP contribution >= 0.6 is 0 Å². The van der Waals surface area contributed by atoms with Crippen molar-refractivity contribution >= 4 is 52.1 Å². The molecule has 8 rings (SSSR count). The average molecular weight is 804 g/mol. The van der Waals surface area contributed by atoms with E-state index in [1.54, 1.807) is 35.0 Å². The third-order valence-corrected chi connectivity index (χ3v) is 10.6. The molecule has 17 heteroatoms. The topological polar surface area (TPSA) is 186 Å². The largest absolute Gasteiger partial charge is 0.491 e. The van der Waals surface area contributed by atoms with Gasteiger partial charge in [0.15, 0.2) is 0 Å². The van der Waals surface area contributed by atoms with Crippen LogP contribution in [0, 0.1) is 19.8 Å². The quantitative estimate of drug-likeness (QED) is 0.0794. The highest BCUT2D eigenvalue weighted by Gasteiger charge is 2.28. The van der Waals surface area contributed by atoms with Gasteiger partial charge in [-0.3, -0.25) is 33.9 Å². The summed E-state index contributed by atoms with van der Waals surface area (Å²) in [4.78, 5) is 55.0. The maximum Gasteiger partial charge on any atom is 0.276 e. The Bertz CT molecular complexity index is 2570. The number of rotatable bonds is 11. The van der Waals surface area contributed by atoms with E-state index >= 15 is 0 Å². The molecule has 3 N–H and O–H groups in total. The summed E-state index contributed by atoms with van der Waals surface area (Å²) in [5.41, 5.74) is 9.18. The second kappa shape index (κ2) is 16.8. The van der Waals surface area contributed by atoms with E-state index in [0.717, 1.165) is 36.2 Å². The van der Waals surface area contributed by atoms with Crippen molar-refractivity contribution in [3.05, 3.63) is 82.5 Å². The molecule has 0 unspecified atom stereocenters. The molecule has 2 amide bonds. The van der Waals surface area contributed by atoms with Crippen LogP contribution in [0.4, 0.5) is 11.9 Å². The van der Waals surface area contributed by atoms with E-state index in [4.69, 9.17) is 24.3 Å². The standard InChI is InChI=1S/C42H49N11O6/c1-6-52-31(17-26(4)47-52)24-59-49-42-45-33-21-29(39(55)43-30-15-25(3)16-30)22-36-38(33)51(42)12-9-8-11-50-37-32(19-28(23-54)20-35(37)57-13-10-14-58-36)44-41(50)46-40(56)34-18-27(5)48-53(34)7-2/h8-9,17-23,25,30H,6-7,10-16,24H2,1-5H3,(H,43,55)(H,45,49)(H,44,46,56)/b9-8+. The number of benzene rings is 2. The zero-order valence-electron chi connectivity index (χ0n) is 33.9. The van der Waals surface area contributed by atoms with Gasteiger partial charge in [0.25, 0.3) is 11.8 Å². The van der Waals surface area contributed by atoms with Crippen LogP contribution in [0.2, 0.25) is 0 Å². The van der Waals surface area contributed by atoms with E-state index in [-0.39, 0.29) is 50.2 Å². The van der Waals surface area contributed by atoms with Gasteiger partial charge >= 0.3 is 0 Å². The Morgan fingerprint density at radius 2 is 1.47 bits per heavy atom. The van der Waals surface area contributed by atoms with Crippen molar-refractivity contribution in [3.63, 3.8) is 0 Å².